The van der Waals surface area contributed by atoms with Crippen LogP contribution in [-0.4, -0.2) is 68.0 Å². The summed E-state index contributed by atoms with van der Waals surface area (Å²) < 4.78 is 26.9. The van der Waals surface area contributed by atoms with Crippen molar-refractivity contribution in [2.45, 2.75) is 38.1 Å². The molecule has 2 fully saturated rings. The van der Waals surface area contributed by atoms with Crippen molar-refractivity contribution < 1.29 is 13.2 Å². The van der Waals surface area contributed by atoms with Crippen LogP contribution in [0.4, 0.5) is 0 Å². The van der Waals surface area contributed by atoms with Gasteiger partial charge in [0, 0.05) is 44.3 Å². The van der Waals surface area contributed by atoms with Crippen LogP contribution >= 0.6 is 0 Å². The predicted octanol–water partition coefficient (Wildman–Crippen LogP) is 1.70. The molecule has 1 saturated heterocycles. The third-order valence-corrected chi connectivity index (χ3v) is 7.21. The number of sulfonamides is 1. The van der Waals surface area contributed by atoms with E-state index < -0.39 is 10.0 Å². The van der Waals surface area contributed by atoms with E-state index in [1.54, 1.807) is 4.31 Å². The Balaban J connectivity index is 1.72. The van der Waals surface area contributed by atoms with Gasteiger partial charge in [0.1, 0.15) is 0 Å². The lowest BCUT2D eigenvalue weighted by atomic mass is 9.93. The number of piperazine rings is 1. The van der Waals surface area contributed by atoms with E-state index in [9.17, 15) is 13.2 Å². The Bertz CT molecular complexity index is 681. The minimum atomic E-state index is -3.33. The van der Waals surface area contributed by atoms with Crippen molar-refractivity contribution in [2.24, 2.45) is 0 Å². The summed E-state index contributed by atoms with van der Waals surface area (Å²) in [5.41, 5.74) is 0.637. The number of carbonyl (C=O) groups is 1. The van der Waals surface area contributed by atoms with Crippen molar-refractivity contribution in [3.63, 3.8) is 0 Å². The van der Waals surface area contributed by atoms with E-state index in [1.807, 2.05) is 35.2 Å². The van der Waals surface area contributed by atoms with Crippen LogP contribution in [0, 0.1) is 0 Å². The van der Waals surface area contributed by atoms with Gasteiger partial charge in [0.25, 0.3) is 5.91 Å². The molecule has 0 atom stereocenters. The van der Waals surface area contributed by atoms with Gasteiger partial charge in [0.05, 0.1) is 5.75 Å². The first-order valence-electron chi connectivity index (χ1n) is 9.62. The van der Waals surface area contributed by atoms with E-state index in [1.165, 1.54) is 6.42 Å². The van der Waals surface area contributed by atoms with Crippen molar-refractivity contribution in [3.05, 3.63) is 35.9 Å². The Morgan fingerprint density at radius 1 is 1.08 bits per heavy atom. The van der Waals surface area contributed by atoms with Crippen LogP contribution < -0.4 is 5.32 Å². The maximum atomic E-state index is 13.0. The van der Waals surface area contributed by atoms with Crippen LogP contribution in [0.2, 0.25) is 0 Å². The minimum Gasteiger partial charge on any atom is -0.335 e. The Morgan fingerprint density at radius 3 is 2.38 bits per heavy atom. The number of amides is 1. The van der Waals surface area contributed by atoms with E-state index in [0.29, 0.717) is 31.7 Å². The molecule has 1 heterocycles. The van der Waals surface area contributed by atoms with Gasteiger partial charge in [-0.15, -0.1) is 0 Å². The Labute approximate surface area is 156 Å². The summed E-state index contributed by atoms with van der Waals surface area (Å²) in [4.78, 5) is 14.9. The maximum Gasteiger partial charge on any atom is 0.254 e. The van der Waals surface area contributed by atoms with Crippen LogP contribution in [0.5, 0.6) is 0 Å². The molecule has 0 unspecified atom stereocenters. The molecule has 0 radical (unpaired) electrons. The summed E-state index contributed by atoms with van der Waals surface area (Å²) in [5.74, 6) is -0.0461. The maximum absolute atomic E-state index is 13.0. The molecule has 6 nitrogen and oxygen atoms in total. The molecular formula is C19H29N3O3S. The molecule has 144 valence electrons. The van der Waals surface area contributed by atoms with Gasteiger partial charge >= 0.3 is 0 Å². The Kier molecular flexibility index (Phi) is 6.67. The van der Waals surface area contributed by atoms with Crippen molar-refractivity contribution in [1.29, 1.82) is 0 Å². The molecule has 3 rings (SSSR count). The molecule has 1 aliphatic heterocycles. The fourth-order valence-electron chi connectivity index (χ4n) is 3.85. The van der Waals surface area contributed by atoms with E-state index in [4.69, 9.17) is 0 Å². The smallest absolute Gasteiger partial charge is 0.254 e. The lowest BCUT2D eigenvalue weighted by molar-refractivity contribution is 0.0649. The van der Waals surface area contributed by atoms with Crippen molar-refractivity contribution in [3.8, 4) is 0 Å². The standard InChI is InChI=1S/C19H29N3O3S/c23-19(17-7-3-1-4-8-17)22(18-9-5-2-6-10-18)15-16-26(24,25)21-13-11-20-12-14-21/h1,3-4,7-8,18,20H,2,5-6,9-16H2. The fourth-order valence-corrected chi connectivity index (χ4v) is 5.28. The van der Waals surface area contributed by atoms with E-state index in [-0.39, 0.29) is 24.2 Å². The summed E-state index contributed by atoms with van der Waals surface area (Å²) in [7, 11) is -3.33. The first-order valence-corrected chi connectivity index (χ1v) is 11.2. The van der Waals surface area contributed by atoms with Crippen molar-refractivity contribution >= 4 is 15.9 Å². The molecule has 26 heavy (non-hydrogen) atoms. The zero-order chi connectivity index (χ0) is 18.4. The molecule has 7 heteroatoms. The number of nitrogens with one attached hydrogen (secondary N) is 1. The molecule has 1 N–H and O–H groups in total. The predicted molar refractivity (Wildman–Crippen MR) is 103 cm³/mol. The summed E-state index contributed by atoms with van der Waals surface area (Å²) >= 11 is 0. The topological polar surface area (TPSA) is 69.7 Å². The van der Waals surface area contributed by atoms with Gasteiger partial charge in [0.15, 0.2) is 0 Å². The third-order valence-electron chi connectivity index (χ3n) is 5.36. The third kappa shape index (κ3) is 4.84. The molecule has 2 aliphatic rings. The monoisotopic (exact) mass is 379 g/mol. The average Bonchev–Trinajstić information content (AvgIpc) is 2.70. The van der Waals surface area contributed by atoms with Crippen LogP contribution in [-0.2, 0) is 10.0 Å². The molecule has 0 aromatic heterocycles. The first-order chi connectivity index (χ1) is 12.6. The quantitative estimate of drug-likeness (QED) is 0.817. The lowest BCUT2D eigenvalue weighted by Gasteiger charge is -2.35. The largest absolute Gasteiger partial charge is 0.335 e. The average molecular weight is 380 g/mol. The second-order valence-electron chi connectivity index (χ2n) is 7.12. The summed E-state index contributed by atoms with van der Waals surface area (Å²) in [5, 5.41) is 3.17. The molecule has 1 aliphatic carbocycles. The molecule has 1 saturated carbocycles. The van der Waals surface area contributed by atoms with E-state index >= 15 is 0 Å². The van der Waals surface area contributed by atoms with Crippen LogP contribution in [0.3, 0.4) is 0 Å². The van der Waals surface area contributed by atoms with E-state index in [2.05, 4.69) is 5.32 Å². The summed E-state index contributed by atoms with van der Waals surface area (Å²) in [6.07, 6.45) is 5.34. The molecular weight excluding hydrogens is 350 g/mol. The number of rotatable bonds is 6. The molecule has 1 amide bonds. The normalized spacial score (nSPS) is 20.0. The van der Waals surface area contributed by atoms with Gasteiger partial charge in [0.2, 0.25) is 10.0 Å². The Hall–Kier alpha value is -1.44. The van der Waals surface area contributed by atoms with Gasteiger partial charge in [-0.1, -0.05) is 37.5 Å². The Morgan fingerprint density at radius 2 is 1.73 bits per heavy atom. The van der Waals surface area contributed by atoms with Gasteiger partial charge in [-0.05, 0) is 25.0 Å². The van der Waals surface area contributed by atoms with Crippen molar-refractivity contribution in [1.82, 2.24) is 14.5 Å². The van der Waals surface area contributed by atoms with Gasteiger partial charge in [-0.3, -0.25) is 4.79 Å². The highest BCUT2D eigenvalue weighted by Gasteiger charge is 2.30. The highest BCUT2D eigenvalue weighted by Crippen LogP contribution is 2.24. The zero-order valence-electron chi connectivity index (χ0n) is 15.3. The first kappa shape index (κ1) is 19.3. The van der Waals surface area contributed by atoms with Crippen LogP contribution in [0.25, 0.3) is 0 Å². The highest BCUT2D eigenvalue weighted by atomic mass is 32.2. The van der Waals surface area contributed by atoms with E-state index in [0.717, 1.165) is 25.7 Å². The zero-order valence-corrected chi connectivity index (χ0v) is 16.1. The summed E-state index contributed by atoms with van der Waals surface area (Å²) in [6.45, 7) is 2.67. The molecule has 1 aromatic rings. The van der Waals surface area contributed by atoms with Crippen molar-refractivity contribution in [2.75, 3.05) is 38.5 Å². The SMILES string of the molecule is O=C(c1ccccc1)N(CCS(=O)(=O)N1CCNCC1)C1CCCCC1. The number of benzene rings is 1. The van der Waals surface area contributed by atoms with Gasteiger partial charge in [-0.25, -0.2) is 8.42 Å². The lowest BCUT2D eigenvalue weighted by Crippen LogP contribution is -2.49. The highest BCUT2D eigenvalue weighted by molar-refractivity contribution is 7.89. The number of carbonyl (C=O) groups excluding carboxylic acids is 1. The molecule has 1 aromatic carbocycles. The number of hydrogen-bond acceptors (Lipinski definition) is 4. The minimum absolute atomic E-state index is 0.00206. The van der Waals surface area contributed by atoms with Gasteiger partial charge < -0.3 is 10.2 Å². The molecule has 0 spiro atoms. The fraction of sp³-hybridized carbons (Fsp3) is 0.632. The number of nitrogens with zero attached hydrogens (tertiary/aromatic N) is 2. The van der Waals surface area contributed by atoms with Gasteiger partial charge in [-0.2, -0.15) is 4.31 Å². The number of hydrogen-bond donors (Lipinski definition) is 1. The molecule has 0 bridgehead atoms. The second-order valence-corrected chi connectivity index (χ2v) is 9.21. The summed E-state index contributed by atoms with van der Waals surface area (Å²) in [6, 6.07) is 9.35. The van der Waals surface area contributed by atoms with Crippen LogP contribution in [0.15, 0.2) is 30.3 Å². The van der Waals surface area contributed by atoms with Crippen LogP contribution in [0.1, 0.15) is 42.5 Å². The second kappa shape index (κ2) is 8.97.